The van der Waals surface area contributed by atoms with Crippen LogP contribution in [0.25, 0.3) is 0 Å². The quantitative estimate of drug-likeness (QED) is 0.788. The smallest absolute Gasteiger partial charge is 0.325 e. The van der Waals surface area contributed by atoms with Crippen molar-refractivity contribution in [2.24, 2.45) is 0 Å². The topological polar surface area (TPSA) is 97.0 Å². The predicted molar refractivity (Wildman–Crippen MR) is 82.5 cm³/mol. The van der Waals surface area contributed by atoms with Crippen LogP contribution in [0.3, 0.4) is 0 Å². The first-order chi connectivity index (χ1) is 10.8. The van der Waals surface area contributed by atoms with Gasteiger partial charge in [0.25, 0.3) is 5.91 Å². The number of ether oxygens (including phenoxy) is 2. The molecule has 23 heavy (non-hydrogen) atoms. The summed E-state index contributed by atoms with van der Waals surface area (Å²) in [6.45, 7) is 2.80. The summed E-state index contributed by atoms with van der Waals surface area (Å²) in [6, 6.07) is 4.29. The number of anilines is 1. The van der Waals surface area contributed by atoms with E-state index in [4.69, 9.17) is 9.47 Å². The number of imide groups is 1. The second-order valence-corrected chi connectivity index (χ2v) is 5.60. The van der Waals surface area contributed by atoms with Gasteiger partial charge in [-0.05, 0) is 13.8 Å². The van der Waals surface area contributed by atoms with Gasteiger partial charge in [0.1, 0.15) is 23.6 Å². The number of nitrogens with one attached hydrogen (secondary N) is 2. The molecule has 0 aromatic heterocycles. The van der Waals surface area contributed by atoms with E-state index in [2.05, 4.69) is 10.6 Å². The van der Waals surface area contributed by atoms with Gasteiger partial charge in [-0.25, -0.2) is 4.79 Å². The molecule has 0 saturated carbocycles. The van der Waals surface area contributed by atoms with Crippen LogP contribution in [0.2, 0.25) is 0 Å². The van der Waals surface area contributed by atoms with E-state index >= 15 is 0 Å². The van der Waals surface area contributed by atoms with Crippen LogP contribution in [0.4, 0.5) is 10.5 Å². The van der Waals surface area contributed by atoms with Crippen molar-refractivity contribution >= 4 is 23.5 Å². The minimum absolute atomic E-state index is 0.367. The minimum atomic E-state index is -1.00. The highest BCUT2D eigenvalue weighted by Crippen LogP contribution is 2.26. The summed E-state index contributed by atoms with van der Waals surface area (Å²) in [6.07, 6.45) is 0. The van der Waals surface area contributed by atoms with Gasteiger partial charge in [-0.1, -0.05) is 0 Å². The molecule has 2 rings (SSSR count). The molecule has 0 unspecified atom stereocenters. The molecule has 8 heteroatoms. The maximum Gasteiger partial charge on any atom is 0.325 e. The monoisotopic (exact) mass is 321 g/mol. The predicted octanol–water partition coefficient (Wildman–Crippen LogP) is 0.973. The van der Waals surface area contributed by atoms with Crippen LogP contribution in [0.5, 0.6) is 11.5 Å². The van der Waals surface area contributed by atoms with Crippen LogP contribution in [0.15, 0.2) is 18.2 Å². The van der Waals surface area contributed by atoms with Gasteiger partial charge in [0, 0.05) is 23.9 Å². The average Bonchev–Trinajstić information content (AvgIpc) is 2.68. The molecule has 1 heterocycles. The molecule has 1 saturated heterocycles. The fraction of sp³-hybridized carbons (Fsp3) is 0.400. The van der Waals surface area contributed by atoms with E-state index in [1.54, 1.807) is 32.0 Å². The third-order valence-electron chi connectivity index (χ3n) is 3.38. The largest absolute Gasteiger partial charge is 0.497 e. The summed E-state index contributed by atoms with van der Waals surface area (Å²) in [5.41, 5.74) is -0.561. The first-order valence-electron chi connectivity index (χ1n) is 6.94. The highest BCUT2D eigenvalue weighted by atomic mass is 16.5. The Balaban J connectivity index is 2.08. The van der Waals surface area contributed by atoms with Crippen molar-refractivity contribution in [3.05, 3.63) is 18.2 Å². The van der Waals surface area contributed by atoms with Crippen molar-refractivity contribution in [3.63, 3.8) is 0 Å². The van der Waals surface area contributed by atoms with E-state index in [1.807, 2.05) is 0 Å². The summed E-state index contributed by atoms with van der Waals surface area (Å²) < 4.78 is 10.2. The molecule has 124 valence electrons. The molecule has 0 bridgehead atoms. The Morgan fingerprint density at radius 2 is 1.74 bits per heavy atom. The Hall–Kier alpha value is -2.77. The Kier molecular flexibility index (Phi) is 4.44. The lowest BCUT2D eigenvalue weighted by atomic mass is 10.1. The van der Waals surface area contributed by atoms with Gasteiger partial charge in [0.2, 0.25) is 5.91 Å². The standard InChI is InChI=1S/C15H19N3O5/c1-15(2)13(20)18(14(21)17-15)8-12(19)16-9-5-10(22-3)7-11(6-9)23-4/h5-7H,8H2,1-4H3,(H,16,19)(H,17,21). The molecular weight excluding hydrogens is 302 g/mol. The molecule has 0 radical (unpaired) electrons. The van der Waals surface area contributed by atoms with E-state index < -0.39 is 23.4 Å². The first kappa shape index (κ1) is 16.6. The second kappa shape index (κ2) is 6.15. The number of nitrogens with zero attached hydrogens (tertiary/aromatic N) is 1. The van der Waals surface area contributed by atoms with Crippen molar-refractivity contribution < 1.29 is 23.9 Å². The number of urea groups is 1. The van der Waals surface area contributed by atoms with Crippen molar-refractivity contribution in [1.82, 2.24) is 10.2 Å². The molecule has 1 aromatic rings. The molecule has 8 nitrogen and oxygen atoms in total. The number of hydrogen-bond acceptors (Lipinski definition) is 5. The van der Waals surface area contributed by atoms with Gasteiger partial charge in [0.15, 0.2) is 0 Å². The average molecular weight is 321 g/mol. The van der Waals surface area contributed by atoms with Crippen LogP contribution in [-0.4, -0.2) is 49.0 Å². The molecule has 1 aliphatic heterocycles. The van der Waals surface area contributed by atoms with E-state index in [0.717, 1.165) is 4.90 Å². The molecule has 4 amide bonds. The molecule has 1 aromatic carbocycles. The lowest BCUT2D eigenvalue weighted by Gasteiger charge is -2.16. The number of amides is 4. The van der Waals surface area contributed by atoms with Gasteiger partial charge in [-0.15, -0.1) is 0 Å². The highest BCUT2D eigenvalue weighted by molar-refractivity contribution is 6.09. The Morgan fingerprint density at radius 1 is 1.17 bits per heavy atom. The summed E-state index contributed by atoms with van der Waals surface area (Å²) in [7, 11) is 2.99. The highest BCUT2D eigenvalue weighted by Gasteiger charge is 2.44. The van der Waals surface area contributed by atoms with Crippen LogP contribution in [-0.2, 0) is 9.59 Å². The summed E-state index contributed by atoms with van der Waals surface area (Å²) in [5, 5.41) is 5.13. The molecule has 1 fully saturated rings. The van der Waals surface area contributed by atoms with Gasteiger partial charge >= 0.3 is 6.03 Å². The van der Waals surface area contributed by atoms with E-state index in [9.17, 15) is 14.4 Å². The maximum absolute atomic E-state index is 12.1. The first-order valence-corrected chi connectivity index (χ1v) is 6.94. The lowest BCUT2D eigenvalue weighted by molar-refractivity contribution is -0.132. The normalized spacial score (nSPS) is 16.1. The molecule has 0 spiro atoms. The van der Waals surface area contributed by atoms with Gasteiger partial charge in [-0.3, -0.25) is 14.5 Å². The zero-order valence-corrected chi connectivity index (χ0v) is 13.4. The van der Waals surface area contributed by atoms with Crippen molar-refractivity contribution in [2.45, 2.75) is 19.4 Å². The van der Waals surface area contributed by atoms with Gasteiger partial charge < -0.3 is 20.1 Å². The fourth-order valence-electron chi connectivity index (χ4n) is 2.19. The van der Waals surface area contributed by atoms with Crippen LogP contribution in [0.1, 0.15) is 13.8 Å². The van der Waals surface area contributed by atoms with Crippen molar-refractivity contribution in [2.75, 3.05) is 26.1 Å². The van der Waals surface area contributed by atoms with Crippen LogP contribution < -0.4 is 20.1 Å². The molecule has 2 N–H and O–H groups in total. The summed E-state index contributed by atoms with van der Waals surface area (Å²) in [4.78, 5) is 36.8. The Bertz CT molecular complexity index is 634. The molecule has 0 atom stereocenters. The van der Waals surface area contributed by atoms with E-state index in [-0.39, 0.29) is 6.54 Å². The second-order valence-electron chi connectivity index (χ2n) is 5.60. The van der Waals surface area contributed by atoms with Crippen LogP contribution >= 0.6 is 0 Å². The van der Waals surface area contributed by atoms with Crippen molar-refractivity contribution in [1.29, 1.82) is 0 Å². The number of carbonyl (C=O) groups excluding carboxylic acids is 3. The lowest BCUT2D eigenvalue weighted by Crippen LogP contribution is -2.41. The molecule has 1 aliphatic rings. The van der Waals surface area contributed by atoms with Gasteiger partial charge in [-0.2, -0.15) is 0 Å². The Morgan fingerprint density at radius 3 is 2.17 bits per heavy atom. The summed E-state index contributed by atoms with van der Waals surface area (Å²) in [5.74, 6) is 0.0777. The SMILES string of the molecule is COc1cc(NC(=O)CN2C(=O)NC(C)(C)C2=O)cc(OC)c1. The van der Waals surface area contributed by atoms with Gasteiger partial charge in [0.05, 0.1) is 14.2 Å². The maximum atomic E-state index is 12.1. The van der Waals surface area contributed by atoms with E-state index in [1.165, 1.54) is 14.2 Å². The van der Waals surface area contributed by atoms with E-state index in [0.29, 0.717) is 17.2 Å². The van der Waals surface area contributed by atoms with Crippen molar-refractivity contribution in [3.8, 4) is 11.5 Å². The number of rotatable bonds is 5. The number of benzene rings is 1. The zero-order chi connectivity index (χ0) is 17.2. The third kappa shape index (κ3) is 3.53. The van der Waals surface area contributed by atoms with Crippen LogP contribution in [0, 0.1) is 0 Å². The third-order valence-corrected chi connectivity index (χ3v) is 3.38. The fourth-order valence-corrected chi connectivity index (χ4v) is 2.19. The zero-order valence-electron chi connectivity index (χ0n) is 13.4. The minimum Gasteiger partial charge on any atom is -0.497 e. The molecular formula is C15H19N3O5. The number of methoxy groups -OCH3 is 2. The molecule has 0 aliphatic carbocycles. The number of carbonyl (C=O) groups is 3. The Labute approximate surface area is 133 Å². The summed E-state index contributed by atoms with van der Waals surface area (Å²) >= 11 is 0. The number of hydrogen-bond donors (Lipinski definition) is 2.